The molecule has 2 amide bonds. The van der Waals surface area contributed by atoms with Crippen molar-refractivity contribution in [3.8, 4) is 0 Å². The molecule has 2 aliphatic heterocycles. The number of aliphatic hydroxyl groups is 1. The summed E-state index contributed by atoms with van der Waals surface area (Å²) in [5, 5.41) is 28.4. The number of nitrogens with two attached hydrogens (primary N) is 1. The number of aliphatic carboxylic acids is 2. The van der Waals surface area contributed by atoms with E-state index in [-0.39, 0.29) is 22.3 Å². The zero-order valence-corrected chi connectivity index (χ0v) is 26.5. The van der Waals surface area contributed by atoms with Crippen LogP contribution >= 0.6 is 58.7 Å². The molecule has 1 aromatic carbocycles. The first-order valence-corrected chi connectivity index (χ1v) is 16.3. The van der Waals surface area contributed by atoms with Crippen LogP contribution in [-0.4, -0.2) is 83.8 Å². The van der Waals surface area contributed by atoms with Crippen molar-refractivity contribution in [2.45, 2.75) is 40.8 Å². The van der Waals surface area contributed by atoms with E-state index in [1.807, 2.05) is 12.1 Å². The number of carboxylic acid groups (broad SMARTS) is 2. The van der Waals surface area contributed by atoms with Gasteiger partial charge in [-0.3, -0.25) is 18.8 Å². The molecule has 0 spiro atoms. The van der Waals surface area contributed by atoms with E-state index in [0.717, 1.165) is 22.9 Å². The molecule has 0 radical (unpaired) electrons. The first kappa shape index (κ1) is 33.2. The van der Waals surface area contributed by atoms with Gasteiger partial charge in [-0.2, -0.15) is 0 Å². The molecule has 3 heterocycles. The topological polar surface area (TPSA) is 165 Å². The minimum atomic E-state index is -1.23. The van der Waals surface area contributed by atoms with E-state index in [2.05, 4.69) is 0 Å². The summed E-state index contributed by atoms with van der Waals surface area (Å²) in [6, 6.07) is 5.70. The Labute approximate surface area is 269 Å². The quantitative estimate of drug-likeness (QED) is 0.0853. The second-order valence-electron chi connectivity index (χ2n) is 9.43. The van der Waals surface area contributed by atoms with Gasteiger partial charge in [-0.15, -0.1) is 23.5 Å². The number of hydrogen-bond donors (Lipinski definition) is 4. The number of carboxylic acids is 2. The predicted molar refractivity (Wildman–Crippen MR) is 165 cm³/mol. The number of pyridine rings is 1. The fourth-order valence-electron chi connectivity index (χ4n) is 4.33. The summed E-state index contributed by atoms with van der Waals surface area (Å²) < 4.78 is 3.06. The van der Waals surface area contributed by atoms with Crippen molar-refractivity contribution in [2.75, 3.05) is 18.1 Å². The van der Waals surface area contributed by atoms with E-state index in [1.54, 1.807) is 17.0 Å². The Balaban J connectivity index is 1.50. The van der Waals surface area contributed by atoms with Crippen molar-refractivity contribution in [1.29, 1.82) is 0 Å². The van der Waals surface area contributed by atoms with Crippen molar-refractivity contribution in [3.63, 3.8) is 0 Å². The van der Waals surface area contributed by atoms with Crippen molar-refractivity contribution in [1.82, 2.24) is 9.21 Å². The summed E-state index contributed by atoms with van der Waals surface area (Å²) in [4.78, 5) is 51.8. The number of aliphatic hydroxyl groups excluding tert-OH is 1. The molecule has 2 aromatic rings. The highest BCUT2D eigenvalue weighted by Gasteiger charge is 2.57. The fraction of sp³-hybridized carbons (Fsp3) is 0.296. The van der Waals surface area contributed by atoms with Crippen molar-refractivity contribution in [3.05, 3.63) is 69.6 Å². The molecule has 43 heavy (non-hydrogen) atoms. The van der Waals surface area contributed by atoms with Gasteiger partial charge >= 0.3 is 11.9 Å². The normalized spacial score (nSPS) is 18.8. The third kappa shape index (κ3) is 7.69. The molecule has 0 bridgehead atoms. The molecule has 0 aliphatic carbocycles. The number of halogens is 2. The second kappa shape index (κ2) is 14.4. The van der Waals surface area contributed by atoms with Crippen LogP contribution in [0.25, 0.3) is 6.08 Å². The molecule has 5 N–H and O–H groups in total. The molecule has 228 valence electrons. The van der Waals surface area contributed by atoms with Gasteiger partial charge in [-0.05, 0) is 41.3 Å². The van der Waals surface area contributed by atoms with Gasteiger partial charge in [-0.25, -0.2) is 14.2 Å². The van der Waals surface area contributed by atoms with E-state index in [1.165, 1.54) is 57.9 Å². The zero-order chi connectivity index (χ0) is 31.4. The fourth-order valence-corrected chi connectivity index (χ4v) is 8.37. The van der Waals surface area contributed by atoms with E-state index in [0.29, 0.717) is 34.1 Å². The first-order chi connectivity index (χ1) is 20.4. The summed E-state index contributed by atoms with van der Waals surface area (Å²) in [5.74, 6) is -2.65. The number of nitrogens with zero attached hydrogens (tertiary/aromatic N) is 3. The molecular formula is C27H27Cl2N4O7S3+. The molecule has 1 aromatic heterocycles. The summed E-state index contributed by atoms with van der Waals surface area (Å²) in [5.41, 5.74) is 6.33. The van der Waals surface area contributed by atoms with Crippen LogP contribution in [-0.2, 0) is 25.7 Å². The summed E-state index contributed by atoms with van der Waals surface area (Å²) in [6.07, 6.45) is 5.16. The molecule has 2 aliphatic rings. The number of benzene rings is 1. The summed E-state index contributed by atoms with van der Waals surface area (Å²) in [7, 11) is 0. The molecular weight excluding hydrogens is 659 g/mol. The minimum absolute atomic E-state index is 0.0845. The summed E-state index contributed by atoms with van der Waals surface area (Å²) >= 11 is 16.4. The third-order valence-electron chi connectivity index (χ3n) is 6.41. The van der Waals surface area contributed by atoms with Crippen LogP contribution in [0.1, 0.15) is 12.5 Å². The van der Waals surface area contributed by atoms with Gasteiger partial charge in [0.25, 0.3) is 5.91 Å². The number of thioether (sulfide) groups is 2. The number of rotatable bonds is 12. The molecule has 3 atom stereocenters. The predicted octanol–water partition coefficient (Wildman–Crippen LogP) is 2.97. The van der Waals surface area contributed by atoms with E-state index >= 15 is 0 Å². The van der Waals surface area contributed by atoms with Crippen molar-refractivity contribution >= 4 is 88.5 Å². The zero-order valence-electron chi connectivity index (χ0n) is 22.6. The Morgan fingerprint density at radius 2 is 1.93 bits per heavy atom. The Morgan fingerprint density at radius 3 is 2.53 bits per heavy atom. The number of hydrogen-bond acceptors (Lipinski definition) is 9. The van der Waals surface area contributed by atoms with Crippen molar-refractivity contribution in [2.24, 2.45) is 5.73 Å². The molecule has 1 fully saturated rings. The van der Waals surface area contributed by atoms with Crippen LogP contribution < -0.4 is 10.3 Å². The molecule has 16 heteroatoms. The minimum Gasteiger partial charge on any atom is -0.478 e. The van der Waals surface area contributed by atoms with Gasteiger partial charge in [0.15, 0.2) is 25.0 Å². The number of amides is 2. The lowest BCUT2D eigenvalue weighted by Crippen LogP contribution is -2.70. The van der Waals surface area contributed by atoms with Crippen LogP contribution in [0.5, 0.6) is 0 Å². The number of fused-ring (bicyclic) bond motifs is 1. The first-order valence-electron chi connectivity index (χ1n) is 12.7. The highest BCUT2D eigenvalue weighted by Crippen LogP contribution is 2.46. The Bertz CT molecular complexity index is 1510. The molecule has 1 unspecified atom stereocenters. The number of carbonyl (C=O) groups is 4. The molecule has 11 nitrogen and oxygen atoms in total. The molecule has 1 saturated heterocycles. The number of carbonyl (C=O) groups excluding carboxylic acids is 2. The lowest BCUT2D eigenvalue weighted by molar-refractivity contribution is -0.703. The van der Waals surface area contributed by atoms with Crippen LogP contribution in [0.15, 0.2) is 63.8 Å². The highest BCUT2D eigenvalue weighted by molar-refractivity contribution is 8.01. The lowest BCUT2D eigenvalue weighted by Gasteiger charge is -2.52. The van der Waals surface area contributed by atoms with E-state index < -0.39 is 41.3 Å². The maximum absolute atomic E-state index is 13.4. The monoisotopic (exact) mass is 685 g/mol. The van der Waals surface area contributed by atoms with Gasteiger partial charge in [-0.1, -0.05) is 23.2 Å². The average molecular weight is 687 g/mol. The maximum atomic E-state index is 13.4. The van der Waals surface area contributed by atoms with Gasteiger partial charge < -0.3 is 21.1 Å². The SMILES string of the molecule is CC(=O)N(Sc1cc(Cl)c(C=CC(=O)O)cc1Cl)[C@H]1C(=O)N2C(C(=O)O)=C(CSc3cc[n+](CC(O)CN)cc3)CS[C@H]12. The standard InChI is InChI=1S/C27H26Cl2N4O7S3/c1-14(34)33(43-21-9-19(28)15(8-20(21)29)2-3-22(36)37)24-25(38)32-23(27(39)40)16(13-42-26(24)32)12-41-18-4-6-31(7-5-18)11-17(35)10-30/h2-9,17,24,26,35H,10-13,30H2,1H3,(H-,36,37,39,40)/p+1/t17?,24-,26+/m0/s1. The second-order valence-corrected chi connectivity index (χ2v) is 13.4. The largest absolute Gasteiger partial charge is 0.478 e. The molecule has 4 rings (SSSR count). The smallest absolute Gasteiger partial charge is 0.352 e. The third-order valence-corrected chi connectivity index (χ3v) is 10.8. The van der Waals surface area contributed by atoms with E-state index in [4.69, 9.17) is 34.0 Å². The molecule has 0 saturated carbocycles. The average Bonchev–Trinajstić information content (AvgIpc) is 2.96. The van der Waals surface area contributed by atoms with Crippen molar-refractivity contribution < 1.29 is 39.1 Å². The number of aromatic nitrogens is 1. The Kier molecular flexibility index (Phi) is 11.1. The van der Waals surface area contributed by atoms with E-state index in [9.17, 15) is 29.4 Å². The van der Waals surface area contributed by atoms with Gasteiger partial charge in [0.2, 0.25) is 5.91 Å². The van der Waals surface area contributed by atoms with Crippen LogP contribution in [0, 0.1) is 0 Å². The van der Waals surface area contributed by atoms with Gasteiger partial charge in [0.05, 0.1) is 5.02 Å². The Hall–Kier alpha value is -2.72. The van der Waals surface area contributed by atoms with Crippen LogP contribution in [0.4, 0.5) is 0 Å². The van der Waals surface area contributed by atoms with Gasteiger partial charge in [0, 0.05) is 58.0 Å². The Morgan fingerprint density at radius 1 is 1.23 bits per heavy atom. The highest BCUT2D eigenvalue weighted by atomic mass is 35.5. The lowest BCUT2D eigenvalue weighted by atomic mass is 10.0. The maximum Gasteiger partial charge on any atom is 0.352 e. The summed E-state index contributed by atoms with van der Waals surface area (Å²) in [6.45, 7) is 1.80. The number of β-lactam (4-membered cyclic amide) rings is 1. The van der Waals surface area contributed by atoms with Gasteiger partial charge in [0.1, 0.15) is 17.2 Å². The van der Waals surface area contributed by atoms with Crippen LogP contribution in [0.3, 0.4) is 0 Å². The van der Waals surface area contributed by atoms with Crippen LogP contribution in [0.2, 0.25) is 10.0 Å².